The Labute approximate surface area is 122 Å². The molecule has 0 fully saturated rings. The third-order valence-electron chi connectivity index (χ3n) is 3.39. The zero-order valence-corrected chi connectivity index (χ0v) is 11.5. The molecule has 5 N–H and O–H groups in total. The number of hydrogen-bond acceptors (Lipinski definition) is 5. The molecule has 0 bridgehead atoms. The maximum atomic E-state index is 9.81. The minimum absolute atomic E-state index is 0.0408. The fourth-order valence-corrected chi connectivity index (χ4v) is 2.29. The Morgan fingerprint density at radius 2 is 1.19 bits per heavy atom. The summed E-state index contributed by atoms with van der Waals surface area (Å²) in [6.45, 7) is -0.882. The first-order valence-electron chi connectivity index (χ1n) is 6.56. The average Bonchev–Trinajstić information content (AvgIpc) is 2.50. The molecule has 0 unspecified atom stereocenters. The van der Waals surface area contributed by atoms with Gasteiger partial charge in [0, 0.05) is 16.7 Å². The van der Waals surface area contributed by atoms with Crippen LogP contribution in [-0.2, 0) is 26.2 Å². The third kappa shape index (κ3) is 3.33. The number of aliphatic hydroxyl groups excluding tert-OH is 3. The molecular formula is C16H18O5. The highest BCUT2D eigenvalue weighted by atomic mass is 16.3. The van der Waals surface area contributed by atoms with Gasteiger partial charge in [0.1, 0.15) is 11.5 Å². The molecule has 21 heavy (non-hydrogen) atoms. The highest BCUT2D eigenvalue weighted by Crippen LogP contribution is 2.27. The van der Waals surface area contributed by atoms with E-state index in [0.29, 0.717) is 23.1 Å². The second-order valence-electron chi connectivity index (χ2n) is 4.88. The molecule has 2 aromatic carbocycles. The van der Waals surface area contributed by atoms with Gasteiger partial charge in [-0.3, -0.25) is 0 Å². The normalized spacial score (nSPS) is 10.8. The van der Waals surface area contributed by atoms with E-state index in [1.54, 1.807) is 24.3 Å². The summed E-state index contributed by atoms with van der Waals surface area (Å²) in [5.41, 5.74) is 2.84. The maximum Gasteiger partial charge on any atom is 0.126 e. The quantitative estimate of drug-likeness (QED) is 0.569. The molecule has 0 amide bonds. The largest absolute Gasteiger partial charge is 0.508 e. The SMILES string of the molecule is OCc1cc(Cc2cc(CO)c(O)c(CO)c2)ccc1O. The van der Waals surface area contributed by atoms with Crippen molar-refractivity contribution < 1.29 is 25.5 Å². The van der Waals surface area contributed by atoms with Gasteiger partial charge in [-0.2, -0.15) is 0 Å². The van der Waals surface area contributed by atoms with Gasteiger partial charge < -0.3 is 25.5 Å². The van der Waals surface area contributed by atoms with Gasteiger partial charge in [0.2, 0.25) is 0 Å². The predicted molar refractivity (Wildman–Crippen MR) is 76.8 cm³/mol. The first-order valence-corrected chi connectivity index (χ1v) is 6.56. The molecule has 112 valence electrons. The van der Waals surface area contributed by atoms with Crippen LogP contribution in [0.1, 0.15) is 27.8 Å². The van der Waals surface area contributed by atoms with E-state index >= 15 is 0 Å². The molecule has 0 heterocycles. The second-order valence-corrected chi connectivity index (χ2v) is 4.88. The monoisotopic (exact) mass is 290 g/mol. The lowest BCUT2D eigenvalue weighted by atomic mass is 9.98. The van der Waals surface area contributed by atoms with Crippen molar-refractivity contribution in [2.45, 2.75) is 26.2 Å². The predicted octanol–water partition coefficient (Wildman–Crippen LogP) is 1.17. The molecule has 2 rings (SSSR count). The summed E-state index contributed by atoms with van der Waals surface area (Å²) in [5.74, 6) is -0.0513. The van der Waals surface area contributed by atoms with Crippen molar-refractivity contribution in [3.63, 3.8) is 0 Å². The molecule has 5 nitrogen and oxygen atoms in total. The van der Waals surface area contributed by atoms with Crippen molar-refractivity contribution >= 4 is 0 Å². The lowest BCUT2D eigenvalue weighted by Gasteiger charge is -2.11. The van der Waals surface area contributed by atoms with E-state index in [1.807, 2.05) is 0 Å². The minimum atomic E-state index is -0.315. The third-order valence-corrected chi connectivity index (χ3v) is 3.39. The van der Waals surface area contributed by atoms with E-state index in [4.69, 9.17) is 5.11 Å². The van der Waals surface area contributed by atoms with Gasteiger partial charge in [0.15, 0.2) is 0 Å². The smallest absolute Gasteiger partial charge is 0.126 e. The van der Waals surface area contributed by atoms with Crippen LogP contribution in [0.4, 0.5) is 0 Å². The van der Waals surface area contributed by atoms with Crippen molar-refractivity contribution in [2.24, 2.45) is 0 Å². The van der Waals surface area contributed by atoms with Crippen LogP contribution in [0.25, 0.3) is 0 Å². The number of aromatic hydroxyl groups is 2. The van der Waals surface area contributed by atoms with E-state index < -0.39 is 0 Å². The minimum Gasteiger partial charge on any atom is -0.508 e. The van der Waals surface area contributed by atoms with Gasteiger partial charge in [0.05, 0.1) is 19.8 Å². The molecule has 0 aromatic heterocycles. The van der Waals surface area contributed by atoms with Crippen molar-refractivity contribution in [1.29, 1.82) is 0 Å². The number of benzene rings is 2. The highest BCUT2D eigenvalue weighted by molar-refractivity contribution is 5.45. The fraction of sp³-hybridized carbons (Fsp3) is 0.250. The van der Waals surface area contributed by atoms with Crippen LogP contribution in [0, 0.1) is 0 Å². The number of aliphatic hydroxyl groups is 3. The van der Waals surface area contributed by atoms with Crippen molar-refractivity contribution in [3.05, 3.63) is 58.1 Å². The van der Waals surface area contributed by atoms with E-state index in [9.17, 15) is 20.4 Å². The molecule has 5 heteroatoms. The Morgan fingerprint density at radius 1 is 0.667 bits per heavy atom. The molecule has 0 aliphatic carbocycles. The van der Waals surface area contributed by atoms with Crippen molar-refractivity contribution in [1.82, 2.24) is 0 Å². The van der Waals surface area contributed by atoms with Crippen molar-refractivity contribution in [2.75, 3.05) is 0 Å². The van der Waals surface area contributed by atoms with Gasteiger partial charge >= 0.3 is 0 Å². The molecule has 0 saturated heterocycles. The van der Waals surface area contributed by atoms with Gasteiger partial charge in [-0.05, 0) is 41.8 Å². The summed E-state index contributed by atoms with van der Waals surface area (Å²) < 4.78 is 0. The van der Waals surface area contributed by atoms with Crippen LogP contribution in [0.2, 0.25) is 0 Å². The first-order chi connectivity index (χ1) is 10.1. The van der Waals surface area contributed by atoms with Crippen LogP contribution < -0.4 is 0 Å². The lowest BCUT2D eigenvalue weighted by Crippen LogP contribution is -1.97. The van der Waals surface area contributed by atoms with Crippen LogP contribution in [0.15, 0.2) is 30.3 Å². The fourth-order valence-electron chi connectivity index (χ4n) is 2.29. The summed E-state index contributed by atoms with van der Waals surface area (Å²) in [6.07, 6.45) is 0.494. The first kappa shape index (κ1) is 15.3. The van der Waals surface area contributed by atoms with E-state index in [0.717, 1.165) is 11.1 Å². The van der Waals surface area contributed by atoms with Crippen molar-refractivity contribution in [3.8, 4) is 11.5 Å². The Kier molecular flexibility index (Phi) is 4.80. The van der Waals surface area contributed by atoms with E-state index in [-0.39, 0.29) is 31.3 Å². The molecule has 0 aliphatic rings. The Balaban J connectivity index is 2.35. The zero-order chi connectivity index (χ0) is 15.4. The summed E-state index contributed by atoms with van der Waals surface area (Å²) in [6, 6.07) is 8.28. The molecule has 0 atom stereocenters. The molecule has 0 aliphatic heterocycles. The molecule has 0 radical (unpaired) electrons. The number of rotatable bonds is 5. The maximum absolute atomic E-state index is 9.81. The van der Waals surface area contributed by atoms with E-state index in [2.05, 4.69) is 0 Å². The lowest BCUT2D eigenvalue weighted by molar-refractivity contribution is 0.263. The molecule has 0 saturated carbocycles. The zero-order valence-electron chi connectivity index (χ0n) is 11.5. The summed E-state index contributed by atoms with van der Waals surface area (Å²) in [5, 5.41) is 47.0. The van der Waals surface area contributed by atoms with Gasteiger partial charge in [-0.25, -0.2) is 0 Å². The number of hydrogen-bond donors (Lipinski definition) is 5. The molecule has 0 spiro atoms. The number of phenols is 2. The standard InChI is InChI=1S/C16H18O5/c17-7-12-4-10(1-2-15(12)20)3-11-5-13(8-18)16(21)14(6-11)9-19/h1-2,4-6,17-21H,3,7-9H2. The van der Waals surface area contributed by atoms with E-state index in [1.165, 1.54) is 6.07 Å². The Hall–Kier alpha value is -2.08. The van der Waals surface area contributed by atoms with Gasteiger partial charge in [0.25, 0.3) is 0 Å². The van der Waals surface area contributed by atoms with Gasteiger partial charge in [-0.1, -0.05) is 6.07 Å². The second kappa shape index (κ2) is 6.58. The highest BCUT2D eigenvalue weighted by Gasteiger charge is 2.10. The Bertz CT molecular complexity index is 612. The molecule has 2 aromatic rings. The van der Waals surface area contributed by atoms with Crippen LogP contribution in [0.5, 0.6) is 11.5 Å². The molecular weight excluding hydrogens is 272 g/mol. The average molecular weight is 290 g/mol. The topological polar surface area (TPSA) is 101 Å². The van der Waals surface area contributed by atoms with Crippen LogP contribution >= 0.6 is 0 Å². The van der Waals surface area contributed by atoms with Crippen LogP contribution in [0.3, 0.4) is 0 Å². The van der Waals surface area contributed by atoms with Gasteiger partial charge in [-0.15, -0.1) is 0 Å². The summed E-state index contributed by atoms with van der Waals surface area (Å²) in [7, 11) is 0. The summed E-state index contributed by atoms with van der Waals surface area (Å²) in [4.78, 5) is 0. The van der Waals surface area contributed by atoms with Crippen LogP contribution in [-0.4, -0.2) is 25.5 Å². The Morgan fingerprint density at radius 3 is 1.71 bits per heavy atom. The summed E-state index contributed by atoms with van der Waals surface area (Å²) >= 11 is 0.